The van der Waals surface area contributed by atoms with Crippen molar-refractivity contribution in [2.45, 2.75) is 31.8 Å². The fraction of sp³-hybridized carbons (Fsp3) is 0.467. The first kappa shape index (κ1) is 13.1. The van der Waals surface area contributed by atoms with E-state index in [2.05, 4.69) is 46.2 Å². The fourth-order valence-corrected chi connectivity index (χ4v) is 2.99. The van der Waals surface area contributed by atoms with Crippen molar-refractivity contribution in [3.8, 4) is 0 Å². The highest BCUT2D eigenvalue weighted by molar-refractivity contribution is 5.18. The van der Waals surface area contributed by atoms with Gasteiger partial charge in [-0.3, -0.25) is 9.88 Å². The number of piperidine rings is 1. The molecule has 20 heavy (non-hydrogen) atoms. The highest BCUT2D eigenvalue weighted by Gasteiger charge is 2.25. The van der Waals surface area contributed by atoms with E-state index in [-0.39, 0.29) is 11.7 Å². The van der Waals surface area contributed by atoms with Gasteiger partial charge < -0.3 is 0 Å². The van der Waals surface area contributed by atoms with Crippen molar-refractivity contribution in [1.29, 1.82) is 0 Å². The molecule has 1 aliphatic rings. The monoisotopic (exact) mass is 272 g/mol. The maximum Gasteiger partial charge on any atom is 0.343 e. The number of rotatable bonds is 3. The maximum absolute atomic E-state index is 11.6. The molecule has 1 atom stereocenters. The van der Waals surface area contributed by atoms with E-state index in [9.17, 15) is 4.79 Å². The Balaban J connectivity index is 1.64. The topological polar surface area (TPSA) is 53.9 Å². The Kier molecular flexibility index (Phi) is 3.69. The van der Waals surface area contributed by atoms with E-state index in [4.69, 9.17) is 0 Å². The minimum atomic E-state index is -0.0976. The van der Waals surface area contributed by atoms with Crippen LogP contribution in [0.3, 0.4) is 0 Å². The molecule has 1 fully saturated rings. The molecule has 5 heteroatoms. The number of nitrogens with one attached hydrogen (secondary N) is 1. The van der Waals surface area contributed by atoms with E-state index in [1.165, 1.54) is 11.9 Å². The molecule has 1 aromatic carbocycles. The average molecular weight is 272 g/mol. The molecule has 0 bridgehead atoms. The molecule has 0 amide bonds. The summed E-state index contributed by atoms with van der Waals surface area (Å²) in [6, 6.07) is 11.2. The molecule has 0 radical (unpaired) electrons. The van der Waals surface area contributed by atoms with E-state index in [1.807, 2.05) is 6.07 Å². The van der Waals surface area contributed by atoms with Crippen molar-refractivity contribution in [2.24, 2.45) is 0 Å². The molecule has 1 N–H and O–H groups in total. The van der Waals surface area contributed by atoms with Crippen LogP contribution < -0.4 is 5.69 Å². The summed E-state index contributed by atoms with van der Waals surface area (Å²) < 4.78 is 1.59. The predicted octanol–water partition coefficient (Wildman–Crippen LogP) is 1.97. The van der Waals surface area contributed by atoms with Gasteiger partial charge in [0.15, 0.2) is 0 Å². The van der Waals surface area contributed by atoms with Crippen molar-refractivity contribution in [3.05, 3.63) is 52.7 Å². The molecule has 106 valence electrons. The number of aromatic nitrogens is 3. The lowest BCUT2D eigenvalue weighted by Gasteiger charge is -2.35. The molecule has 1 saturated heterocycles. The van der Waals surface area contributed by atoms with E-state index in [0.717, 1.165) is 25.9 Å². The van der Waals surface area contributed by atoms with Crippen molar-refractivity contribution in [1.82, 2.24) is 19.7 Å². The van der Waals surface area contributed by atoms with Crippen LogP contribution in [0.25, 0.3) is 0 Å². The van der Waals surface area contributed by atoms with Gasteiger partial charge in [0.1, 0.15) is 6.33 Å². The SMILES string of the molecule is CC(c1ccccc1)N1CCC(n2nc[nH]c2=O)CC1. The number of aromatic amines is 1. The second kappa shape index (κ2) is 5.63. The lowest BCUT2D eigenvalue weighted by Crippen LogP contribution is -2.38. The number of H-pyrrole nitrogens is 1. The Labute approximate surface area is 118 Å². The zero-order chi connectivity index (χ0) is 13.9. The standard InChI is InChI=1S/C15H20N4O/c1-12(13-5-3-2-4-6-13)18-9-7-14(8-10-18)19-15(20)16-11-17-19/h2-6,11-12,14H,7-10H2,1H3,(H,16,17,20). The van der Waals surface area contributed by atoms with Crippen LogP contribution in [0.5, 0.6) is 0 Å². The lowest BCUT2D eigenvalue weighted by molar-refractivity contribution is 0.137. The zero-order valence-electron chi connectivity index (χ0n) is 11.7. The van der Waals surface area contributed by atoms with Gasteiger partial charge in [-0.05, 0) is 25.3 Å². The van der Waals surface area contributed by atoms with Gasteiger partial charge in [0.25, 0.3) is 0 Å². The van der Waals surface area contributed by atoms with Crippen molar-refractivity contribution in [2.75, 3.05) is 13.1 Å². The number of nitrogens with zero attached hydrogens (tertiary/aromatic N) is 3. The first-order chi connectivity index (χ1) is 9.75. The van der Waals surface area contributed by atoms with Crippen LogP contribution in [-0.4, -0.2) is 32.8 Å². The van der Waals surface area contributed by atoms with Gasteiger partial charge in [0.05, 0.1) is 6.04 Å². The second-order valence-corrected chi connectivity index (χ2v) is 5.39. The Morgan fingerprint density at radius 3 is 2.55 bits per heavy atom. The normalized spacial score (nSPS) is 19.1. The van der Waals surface area contributed by atoms with Gasteiger partial charge >= 0.3 is 5.69 Å². The van der Waals surface area contributed by atoms with E-state index >= 15 is 0 Å². The minimum absolute atomic E-state index is 0.0976. The molecule has 2 heterocycles. The summed E-state index contributed by atoms with van der Waals surface area (Å²) in [5, 5.41) is 4.10. The van der Waals surface area contributed by atoms with Gasteiger partial charge in [-0.25, -0.2) is 9.48 Å². The summed E-state index contributed by atoms with van der Waals surface area (Å²) in [6.07, 6.45) is 3.42. The molecule has 1 aromatic heterocycles. The summed E-state index contributed by atoms with van der Waals surface area (Å²) in [5.74, 6) is 0. The highest BCUT2D eigenvalue weighted by Crippen LogP contribution is 2.27. The zero-order valence-corrected chi connectivity index (χ0v) is 11.7. The summed E-state index contributed by atoms with van der Waals surface area (Å²) >= 11 is 0. The molecule has 1 aliphatic heterocycles. The molecule has 0 saturated carbocycles. The average Bonchev–Trinajstić information content (AvgIpc) is 2.94. The van der Waals surface area contributed by atoms with Gasteiger partial charge in [-0.1, -0.05) is 30.3 Å². The summed E-state index contributed by atoms with van der Waals surface area (Å²) in [6.45, 7) is 4.25. The molecule has 3 rings (SSSR count). The molecule has 1 unspecified atom stereocenters. The third kappa shape index (κ3) is 2.54. The van der Waals surface area contributed by atoms with Crippen LogP contribution in [0, 0.1) is 0 Å². The first-order valence-electron chi connectivity index (χ1n) is 7.17. The van der Waals surface area contributed by atoms with Gasteiger partial charge in [-0.2, -0.15) is 5.10 Å². The third-order valence-electron chi connectivity index (χ3n) is 4.25. The molecule has 5 nitrogen and oxygen atoms in total. The van der Waals surface area contributed by atoms with Crippen LogP contribution in [-0.2, 0) is 0 Å². The summed E-state index contributed by atoms with van der Waals surface area (Å²) in [7, 11) is 0. The largest absolute Gasteiger partial charge is 0.343 e. The first-order valence-corrected chi connectivity index (χ1v) is 7.17. The molecule has 0 aliphatic carbocycles. The number of benzene rings is 1. The number of likely N-dealkylation sites (tertiary alicyclic amines) is 1. The smallest absolute Gasteiger partial charge is 0.296 e. The Morgan fingerprint density at radius 1 is 1.25 bits per heavy atom. The number of hydrogen-bond acceptors (Lipinski definition) is 3. The third-order valence-corrected chi connectivity index (χ3v) is 4.25. The van der Waals surface area contributed by atoms with Crippen LogP contribution in [0.15, 0.2) is 41.5 Å². The van der Waals surface area contributed by atoms with Crippen molar-refractivity contribution < 1.29 is 0 Å². The Morgan fingerprint density at radius 2 is 1.95 bits per heavy atom. The fourth-order valence-electron chi connectivity index (χ4n) is 2.99. The highest BCUT2D eigenvalue weighted by atomic mass is 16.1. The maximum atomic E-state index is 11.6. The van der Waals surface area contributed by atoms with Gasteiger partial charge in [0, 0.05) is 19.1 Å². The van der Waals surface area contributed by atoms with Crippen LogP contribution in [0.4, 0.5) is 0 Å². The van der Waals surface area contributed by atoms with E-state index in [0.29, 0.717) is 6.04 Å². The van der Waals surface area contributed by atoms with Gasteiger partial charge in [0.2, 0.25) is 0 Å². The van der Waals surface area contributed by atoms with Crippen molar-refractivity contribution >= 4 is 0 Å². The van der Waals surface area contributed by atoms with Gasteiger partial charge in [-0.15, -0.1) is 0 Å². The second-order valence-electron chi connectivity index (χ2n) is 5.39. The van der Waals surface area contributed by atoms with Crippen molar-refractivity contribution in [3.63, 3.8) is 0 Å². The van der Waals surface area contributed by atoms with E-state index < -0.39 is 0 Å². The van der Waals surface area contributed by atoms with Crippen LogP contribution >= 0.6 is 0 Å². The predicted molar refractivity (Wildman–Crippen MR) is 77.5 cm³/mol. The quantitative estimate of drug-likeness (QED) is 0.929. The number of hydrogen-bond donors (Lipinski definition) is 1. The molecule has 2 aromatic rings. The van der Waals surface area contributed by atoms with Crippen LogP contribution in [0.2, 0.25) is 0 Å². The van der Waals surface area contributed by atoms with E-state index in [1.54, 1.807) is 4.68 Å². The Bertz CT molecular complexity index is 596. The minimum Gasteiger partial charge on any atom is -0.296 e. The Hall–Kier alpha value is -1.88. The lowest BCUT2D eigenvalue weighted by atomic mass is 10.0. The molecular formula is C15H20N4O. The molecule has 0 spiro atoms. The summed E-state index contributed by atoms with van der Waals surface area (Å²) in [5.41, 5.74) is 1.25. The molecular weight excluding hydrogens is 252 g/mol. The van der Waals surface area contributed by atoms with Crippen LogP contribution in [0.1, 0.15) is 37.4 Å². The summed E-state index contributed by atoms with van der Waals surface area (Å²) in [4.78, 5) is 16.7.